The second-order valence-electron chi connectivity index (χ2n) is 21.7. The molecule has 3 unspecified atom stereocenters. The van der Waals surface area contributed by atoms with E-state index in [1.54, 1.807) is 6.08 Å². The van der Waals surface area contributed by atoms with E-state index in [0.29, 0.717) is 23.9 Å². The van der Waals surface area contributed by atoms with E-state index in [0.717, 1.165) is 109 Å². The van der Waals surface area contributed by atoms with Crippen LogP contribution in [0.5, 0.6) is 0 Å². The molecule has 0 aliphatic carbocycles. The van der Waals surface area contributed by atoms with Gasteiger partial charge in [-0.1, -0.05) is 255 Å². The fraction of sp³-hybridized carbons (Fsp3) is 0.614. The number of hydrogen-bond donors (Lipinski definition) is 2. The number of amides is 1. The predicted molar refractivity (Wildman–Crippen MR) is 343 cm³/mol. The molecule has 3 atom stereocenters. The molecule has 0 aromatic heterocycles. The molecule has 0 aromatic rings. The van der Waals surface area contributed by atoms with E-state index in [-0.39, 0.29) is 18.9 Å². The van der Waals surface area contributed by atoms with Gasteiger partial charge in [0.2, 0.25) is 5.91 Å². The van der Waals surface area contributed by atoms with Crippen LogP contribution >= 0.6 is 7.82 Å². The first kappa shape index (κ1) is 75.1. The van der Waals surface area contributed by atoms with E-state index in [4.69, 9.17) is 9.05 Å². The van der Waals surface area contributed by atoms with Crippen molar-refractivity contribution in [3.8, 4) is 0 Å². The summed E-state index contributed by atoms with van der Waals surface area (Å²) in [7, 11) is 1.19. The number of nitrogens with zero attached hydrogens (tertiary/aromatic N) is 1. The van der Waals surface area contributed by atoms with Gasteiger partial charge in [-0.2, -0.15) is 0 Å². The SMILES string of the molecule is CC/C=C\C/C=C\C/C=C\C/C=C\C/C=C\C/C=C\C/C=C\C/C=C\C/C=C\C/C=C\CCCCCCC(=O)NC(COP(=O)([O-])OCC[N+](C)(C)C)C(O)/C=C/CC/C=C/CC/C=C/CCCCCCCCCCCCCC. The lowest BCUT2D eigenvalue weighted by atomic mass is 10.0. The van der Waals surface area contributed by atoms with Crippen molar-refractivity contribution in [2.45, 2.75) is 238 Å². The lowest BCUT2D eigenvalue weighted by Gasteiger charge is -2.29. The smallest absolute Gasteiger partial charge is 0.268 e. The van der Waals surface area contributed by atoms with Crippen molar-refractivity contribution in [2.75, 3.05) is 40.9 Å². The molecule has 0 heterocycles. The Balaban J connectivity index is 4.34. The highest BCUT2D eigenvalue weighted by Crippen LogP contribution is 2.38. The van der Waals surface area contributed by atoms with Gasteiger partial charge in [0.15, 0.2) is 0 Å². The number of unbranched alkanes of at least 4 members (excludes halogenated alkanes) is 18. The van der Waals surface area contributed by atoms with Crippen molar-refractivity contribution in [1.29, 1.82) is 0 Å². The van der Waals surface area contributed by atoms with Gasteiger partial charge in [0.05, 0.1) is 39.9 Å². The quantitative estimate of drug-likeness (QED) is 0.0272. The van der Waals surface area contributed by atoms with E-state index < -0.39 is 26.6 Å². The summed E-state index contributed by atoms with van der Waals surface area (Å²) in [5, 5.41) is 13.9. The van der Waals surface area contributed by atoms with E-state index in [2.05, 4.69) is 165 Å². The van der Waals surface area contributed by atoms with Crippen molar-refractivity contribution in [3.63, 3.8) is 0 Å². The standard InChI is InChI=1S/C70H117N2O6P/c1-6-8-10-12-14-16-18-20-22-24-26-28-30-31-32-33-34-35-36-37-38-39-40-41-42-44-46-48-50-52-54-56-58-60-62-64-70(74)71-68(67-78-79(75,76)77-66-65-72(3,4)5)69(73)63-61-59-57-55-53-51-49-47-45-43-29-27-25-23-21-19-17-15-13-11-9-7-2/h8,10,14,16,20,22,26,28,31-32,34-35,37-38,40-41,44-47,50,52-53,55,61,63,68-69,73H,6-7,9,11-13,15,17-19,21,23-25,27,29-30,33,36,39,42-43,48-49,51,54,56-60,62,64-67H2,1-5H3,(H-,71,74,75,76)/b10-8-,16-14-,22-20-,28-26-,32-31-,35-34-,38-37-,41-40-,46-44-,47-45+,52-50-,55-53+,63-61+. The molecular formula is C70H117N2O6P. The van der Waals surface area contributed by atoms with Crippen LogP contribution in [0.15, 0.2) is 158 Å². The number of allylic oxidation sites excluding steroid dienone is 25. The average molecular weight is 1110 g/mol. The molecule has 8 nitrogen and oxygen atoms in total. The molecule has 79 heavy (non-hydrogen) atoms. The van der Waals surface area contributed by atoms with Crippen LogP contribution in [-0.2, 0) is 18.4 Å². The molecular weight excluding hydrogens is 996 g/mol. The average Bonchev–Trinajstić information content (AvgIpc) is 3.42. The molecule has 0 radical (unpaired) electrons. The molecule has 2 N–H and O–H groups in total. The topological polar surface area (TPSA) is 108 Å². The number of aliphatic hydroxyl groups is 1. The van der Waals surface area contributed by atoms with Crippen molar-refractivity contribution in [2.24, 2.45) is 0 Å². The minimum absolute atomic E-state index is 0.0233. The highest BCUT2D eigenvalue weighted by atomic mass is 31.2. The monoisotopic (exact) mass is 1110 g/mol. The molecule has 448 valence electrons. The molecule has 0 aliphatic heterocycles. The minimum Gasteiger partial charge on any atom is -0.756 e. The molecule has 0 aromatic carbocycles. The van der Waals surface area contributed by atoms with Crippen molar-refractivity contribution >= 4 is 13.7 Å². The van der Waals surface area contributed by atoms with Gasteiger partial charge in [0.1, 0.15) is 13.2 Å². The van der Waals surface area contributed by atoms with Crippen LogP contribution in [0, 0.1) is 0 Å². The fourth-order valence-corrected chi connectivity index (χ4v) is 8.82. The van der Waals surface area contributed by atoms with Gasteiger partial charge >= 0.3 is 0 Å². The zero-order chi connectivity index (χ0) is 57.7. The van der Waals surface area contributed by atoms with Crippen LogP contribution in [0.25, 0.3) is 0 Å². The third-order valence-electron chi connectivity index (χ3n) is 12.9. The Labute approximate surface area is 486 Å². The molecule has 0 spiro atoms. The Bertz CT molecular complexity index is 1840. The van der Waals surface area contributed by atoms with Gasteiger partial charge in [-0.15, -0.1) is 0 Å². The zero-order valence-electron chi connectivity index (χ0n) is 51.0. The van der Waals surface area contributed by atoms with Crippen molar-refractivity contribution < 1.29 is 32.9 Å². The number of phosphoric acid groups is 1. The second kappa shape index (κ2) is 58.8. The summed E-state index contributed by atoms with van der Waals surface area (Å²) >= 11 is 0. The highest BCUT2D eigenvalue weighted by Gasteiger charge is 2.23. The summed E-state index contributed by atoms with van der Waals surface area (Å²) in [6.07, 6.45) is 91.9. The molecule has 0 saturated heterocycles. The molecule has 1 amide bonds. The van der Waals surface area contributed by atoms with Crippen LogP contribution in [-0.4, -0.2) is 68.5 Å². The lowest BCUT2D eigenvalue weighted by Crippen LogP contribution is -2.45. The highest BCUT2D eigenvalue weighted by molar-refractivity contribution is 7.45. The Morgan fingerprint density at radius 1 is 0.456 bits per heavy atom. The summed E-state index contributed by atoms with van der Waals surface area (Å²) in [6, 6.07) is -0.937. The first-order valence-electron chi connectivity index (χ1n) is 31.3. The molecule has 0 fully saturated rings. The summed E-state index contributed by atoms with van der Waals surface area (Å²) in [5.74, 6) is -0.242. The summed E-state index contributed by atoms with van der Waals surface area (Å²) in [5.41, 5.74) is 0. The van der Waals surface area contributed by atoms with Crippen LogP contribution < -0.4 is 10.2 Å². The summed E-state index contributed by atoms with van der Waals surface area (Å²) in [4.78, 5) is 25.5. The molecule has 9 heteroatoms. The number of carbonyl (C=O) groups excluding carboxylic acids is 1. The Kier molecular flexibility index (Phi) is 55.9. The van der Waals surface area contributed by atoms with Crippen LogP contribution in [0.3, 0.4) is 0 Å². The Morgan fingerprint density at radius 2 is 0.785 bits per heavy atom. The van der Waals surface area contributed by atoms with Gasteiger partial charge in [-0.25, -0.2) is 0 Å². The predicted octanol–water partition coefficient (Wildman–Crippen LogP) is 19.2. The molecule has 0 saturated carbocycles. The molecule has 0 bridgehead atoms. The largest absolute Gasteiger partial charge is 0.756 e. The van der Waals surface area contributed by atoms with Crippen LogP contribution in [0.1, 0.15) is 226 Å². The summed E-state index contributed by atoms with van der Waals surface area (Å²) in [6.45, 7) is 4.47. The van der Waals surface area contributed by atoms with E-state index in [1.165, 1.54) is 83.5 Å². The van der Waals surface area contributed by atoms with Gasteiger partial charge in [0, 0.05) is 6.42 Å². The second-order valence-corrected chi connectivity index (χ2v) is 23.1. The van der Waals surface area contributed by atoms with Crippen molar-refractivity contribution in [3.05, 3.63) is 158 Å². The van der Waals surface area contributed by atoms with Crippen molar-refractivity contribution in [1.82, 2.24) is 5.32 Å². The Hall–Kier alpha value is -3.88. The van der Waals surface area contributed by atoms with Gasteiger partial charge < -0.3 is 28.8 Å². The van der Waals surface area contributed by atoms with Crippen LogP contribution in [0.4, 0.5) is 0 Å². The number of rotatable bonds is 55. The maximum absolute atomic E-state index is 13.0. The molecule has 0 aliphatic rings. The maximum atomic E-state index is 13.0. The number of nitrogens with one attached hydrogen (secondary N) is 1. The number of carbonyl (C=O) groups is 1. The maximum Gasteiger partial charge on any atom is 0.268 e. The summed E-state index contributed by atoms with van der Waals surface area (Å²) < 4.78 is 23.3. The molecule has 0 rings (SSSR count). The first-order valence-corrected chi connectivity index (χ1v) is 32.8. The minimum atomic E-state index is -4.63. The fourth-order valence-electron chi connectivity index (χ4n) is 8.09. The van der Waals surface area contributed by atoms with Gasteiger partial charge in [-0.05, 0) is 122 Å². The number of likely N-dealkylation sites (N-methyl/N-ethyl adjacent to an activating group) is 1. The number of quaternary nitrogens is 1. The van der Waals surface area contributed by atoms with Gasteiger partial charge in [-0.3, -0.25) is 9.36 Å². The van der Waals surface area contributed by atoms with E-state index in [1.807, 2.05) is 27.2 Å². The third kappa shape index (κ3) is 61.6. The Morgan fingerprint density at radius 3 is 1.18 bits per heavy atom. The van der Waals surface area contributed by atoms with Crippen LogP contribution in [0.2, 0.25) is 0 Å². The number of hydrogen-bond acceptors (Lipinski definition) is 6. The van der Waals surface area contributed by atoms with E-state index in [9.17, 15) is 19.4 Å². The number of aliphatic hydroxyl groups excluding tert-OH is 1. The number of phosphoric ester groups is 1. The zero-order valence-corrected chi connectivity index (χ0v) is 51.9. The van der Waals surface area contributed by atoms with Gasteiger partial charge in [0.25, 0.3) is 7.82 Å². The lowest BCUT2D eigenvalue weighted by molar-refractivity contribution is -0.870. The third-order valence-corrected chi connectivity index (χ3v) is 13.9. The van der Waals surface area contributed by atoms with E-state index >= 15 is 0 Å². The normalized spacial score (nSPS) is 14.9. The first-order chi connectivity index (χ1) is 38.5.